The minimum absolute atomic E-state index is 0.0158. The quantitative estimate of drug-likeness (QED) is 0.769. The molecule has 110 valence electrons. The second-order valence-corrected chi connectivity index (χ2v) is 5.48. The highest BCUT2D eigenvalue weighted by atomic mass is 127. The lowest BCUT2D eigenvalue weighted by Crippen LogP contribution is -2.29. The highest BCUT2D eigenvalue weighted by Crippen LogP contribution is 2.23. The third kappa shape index (κ3) is 3.04. The first-order chi connectivity index (χ1) is 9.81. The Morgan fingerprint density at radius 2 is 1.95 bits per heavy atom. The predicted molar refractivity (Wildman–Crippen MR) is 82.6 cm³/mol. The molecule has 0 aliphatic heterocycles. The van der Waals surface area contributed by atoms with Crippen LogP contribution in [-0.2, 0) is 7.05 Å². The highest BCUT2D eigenvalue weighted by Gasteiger charge is 2.16. The van der Waals surface area contributed by atoms with Gasteiger partial charge in [-0.15, -0.1) is 0 Å². The standard InChI is InChI=1S/C13H10F2IN3O2/c1-19-10(12(17)20)5-9(11(15)13(19)21)18-8-3-2-6(16)4-7(8)14/h2-5,18H,1H3,(H2,17,20). The second kappa shape index (κ2) is 5.80. The summed E-state index contributed by atoms with van der Waals surface area (Å²) in [5.74, 6) is -2.62. The van der Waals surface area contributed by atoms with E-state index in [0.29, 0.717) is 3.57 Å². The van der Waals surface area contributed by atoms with Gasteiger partial charge in [-0.3, -0.25) is 9.59 Å². The lowest BCUT2D eigenvalue weighted by molar-refractivity contribution is 0.0991. The van der Waals surface area contributed by atoms with Crippen LogP contribution in [0.1, 0.15) is 10.5 Å². The fourth-order valence-electron chi connectivity index (χ4n) is 1.73. The third-order valence-electron chi connectivity index (χ3n) is 2.82. The molecule has 0 atom stereocenters. The maximum Gasteiger partial charge on any atom is 0.289 e. The van der Waals surface area contributed by atoms with Gasteiger partial charge in [-0.05, 0) is 46.9 Å². The van der Waals surface area contributed by atoms with Crippen LogP contribution in [0.4, 0.5) is 20.2 Å². The number of benzene rings is 1. The molecule has 3 N–H and O–H groups in total. The Morgan fingerprint density at radius 1 is 1.29 bits per heavy atom. The molecule has 0 saturated heterocycles. The molecular weight excluding hydrogens is 395 g/mol. The first-order valence-electron chi connectivity index (χ1n) is 5.72. The predicted octanol–water partition coefficient (Wildman–Crippen LogP) is 2.11. The molecule has 1 amide bonds. The van der Waals surface area contributed by atoms with Crippen molar-refractivity contribution in [1.82, 2.24) is 4.57 Å². The molecule has 0 saturated carbocycles. The molecular formula is C13H10F2IN3O2. The number of nitrogens with one attached hydrogen (secondary N) is 1. The molecule has 0 spiro atoms. The number of carbonyl (C=O) groups is 1. The monoisotopic (exact) mass is 405 g/mol. The van der Waals surface area contributed by atoms with Crippen LogP contribution in [0, 0.1) is 15.2 Å². The van der Waals surface area contributed by atoms with Crippen molar-refractivity contribution in [2.24, 2.45) is 12.8 Å². The summed E-state index contributed by atoms with van der Waals surface area (Å²) >= 11 is 1.93. The van der Waals surface area contributed by atoms with Gasteiger partial charge in [0, 0.05) is 10.6 Å². The number of anilines is 2. The lowest BCUT2D eigenvalue weighted by atomic mass is 10.2. The van der Waals surface area contributed by atoms with Gasteiger partial charge in [0.2, 0.25) is 5.82 Å². The highest BCUT2D eigenvalue weighted by molar-refractivity contribution is 14.1. The van der Waals surface area contributed by atoms with Gasteiger partial charge in [0.15, 0.2) is 0 Å². The van der Waals surface area contributed by atoms with Crippen molar-refractivity contribution < 1.29 is 13.6 Å². The number of nitrogens with two attached hydrogens (primary N) is 1. The number of halogens is 3. The van der Waals surface area contributed by atoms with Gasteiger partial charge in [0.25, 0.3) is 11.5 Å². The maximum atomic E-state index is 13.9. The molecule has 0 fully saturated rings. The van der Waals surface area contributed by atoms with Crippen LogP contribution in [-0.4, -0.2) is 10.5 Å². The Balaban J connectivity index is 2.54. The average Bonchev–Trinajstić information content (AvgIpc) is 2.41. The minimum Gasteiger partial charge on any atom is -0.364 e. The van der Waals surface area contributed by atoms with Crippen molar-refractivity contribution in [1.29, 1.82) is 0 Å². The van der Waals surface area contributed by atoms with E-state index >= 15 is 0 Å². The Morgan fingerprint density at radius 3 is 2.52 bits per heavy atom. The summed E-state index contributed by atoms with van der Waals surface area (Å²) in [5.41, 5.74) is 3.58. The first kappa shape index (κ1) is 15.4. The van der Waals surface area contributed by atoms with Crippen LogP contribution in [0.15, 0.2) is 29.1 Å². The zero-order chi connectivity index (χ0) is 15.7. The summed E-state index contributed by atoms with van der Waals surface area (Å²) < 4.78 is 29.1. The maximum absolute atomic E-state index is 13.9. The third-order valence-corrected chi connectivity index (χ3v) is 3.50. The van der Waals surface area contributed by atoms with Crippen LogP contribution >= 0.6 is 22.6 Å². The molecule has 0 unspecified atom stereocenters. The summed E-state index contributed by atoms with van der Waals surface area (Å²) in [7, 11) is 1.22. The summed E-state index contributed by atoms with van der Waals surface area (Å²) in [5, 5.41) is 2.46. The van der Waals surface area contributed by atoms with Gasteiger partial charge in [-0.1, -0.05) is 0 Å². The van der Waals surface area contributed by atoms with Crippen molar-refractivity contribution in [3.8, 4) is 0 Å². The van der Waals surface area contributed by atoms with Gasteiger partial charge in [0.05, 0.1) is 11.4 Å². The number of carbonyl (C=O) groups excluding carboxylic acids is 1. The fraction of sp³-hybridized carbons (Fsp3) is 0.0769. The lowest BCUT2D eigenvalue weighted by Gasteiger charge is -2.12. The molecule has 1 heterocycles. The van der Waals surface area contributed by atoms with Gasteiger partial charge < -0.3 is 15.6 Å². The summed E-state index contributed by atoms with van der Waals surface area (Å²) in [6, 6.07) is 5.32. The van der Waals surface area contributed by atoms with Gasteiger partial charge in [0.1, 0.15) is 11.5 Å². The zero-order valence-electron chi connectivity index (χ0n) is 10.8. The van der Waals surface area contributed by atoms with E-state index in [9.17, 15) is 18.4 Å². The topological polar surface area (TPSA) is 77.1 Å². The molecule has 1 aromatic heterocycles. The fourth-order valence-corrected chi connectivity index (χ4v) is 2.19. The number of hydrogen-bond acceptors (Lipinski definition) is 3. The van der Waals surface area contributed by atoms with E-state index < -0.39 is 23.1 Å². The summed E-state index contributed by atoms with van der Waals surface area (Å²) in [6.07, 6.45) is 0. The van der Waals surface area contributed by atoms with Crippen molar-refractivity contribution in [2.75, 3.05) is 5.32 Å². The van der Waals surface area contributed by atoms with Gasteiger partial charge >= 0.3 is 0 Å². The Kier molecular flexibility index (Phi) is 4.26. The van der Waals surface area contributed by atoms with E-state index in [1.807, 2.05) is 22.6 Å². The molecule has 2 aromatic rings. The van der Waals surface area contributed by atoms with Crippen molar-refractivity contribution in [2.45, 2.75) is 0 Å². The molecule has 21 heavy (non-hydrogen) atoms. The molecule has 0 aliphatic rings. The number of nitrogens with zero attached hydrogens (tertiary/aromatic N) is 1. The van der Waals surface area contributed by atoms with Crippen molar-refractivity contribution >= 4 is 39.9 Å². The zero-order valence-corrected chi connectivity index (χ0v) is 12.9. The van der Waals surface area contributed by atoms with E-state index in [-0.39, 0.29) is 17.1 Å². The van der Waals surface area contributed by atoms with E-state index in [2.05, 4.69) is 5.32 Å². The van der Waals surface area contributed by atoms with E-state index in [1.54, 1.807) is 6.07 Å². The molecule has 2 rings (SSSR count). The van der Waals surface area contributed by atoms with Gasteiger partial charge in [-0.25, -0.2) is 4.39 Å². The number of rotatable bonds is 3. The summed E-state index contributed by atoms with van der Waals surface area (Å²) in [4.78, 5) is 22.9. The second-order valence-electron chi connectivity index (χ2n) is 4.23. The molecule has 8 heteroatoms. The Bertz CT molecular complexity index is 790. The summed E-state index contributed by atoms with van der Waals surface area (Å²) in [6.45, 7) is 0. The van der Waals surface area contributed by atoms with Crippen molar-refractivity contribution in [3.05, 3.63) is 55.5 Å². The molecule has 5 nitrogen and oxygen atoms in total. The van der Waals surface area contributed by atoms with E-state index in [4.69, 9.17) is 5.73 Å². The Hall–Kier alpha value is -1.97. The SMILES string of the molecule is Cn1c(C(N)=O)cc(Nc2ccc(I)cc2F)c(F)c1=O. The number of aromatic nitrogens is 1. The van der Waals surface area contributed by atoms with Crippen LogP contribution < -0.4 is 16.6 Å². The number of pyridine rings is 1. The molecule has 0 bridgehead atoms. The smallest absolute Gasteiger partial charge is 0.289 e. The normalized spacial score (nSPS) is 10.5. The van der Waals surface area contributed by atoms with Crippen LogP contribution in [0.3, 0.4) is 0 Å². The van der Waals surface area contributed by atoms with Gasteiger partial charge in [-0.2, -0.15) is 4.39 Å². The van der Waals surface area contributed by atoms with Crippen LogP contribution in [0.25, 0.3) is 0 Å². The number of amides is 1. The number of hydrogen-bond donors (Lipinski definition) is 2. The van der Waals surface area contributed by atoms with Crippen LogP contribution in [0.2, 0.25) is 0 Å². The molecule has 0 radical (unpaired) electrons. The van der Waals surface area contributed by atoms with E-state index in [0.717, 1.165) is 10.6 Å². The van der Waals surface area contributed by atoms with E-state index in [1.165, 1.54) is 19.2 Å². The molecule has 1 aromatic carbocycles. The first-order valence-corrected chi connectivity index (χ1v) is 6.80. The van der Waals surface area contributed by atoms with Crippen LogP contribution in [0.5, 0.6) is 0 Å². The minimum atomic E-state index is -1.12. The largest absolute Gasteiger partial charge is 0.364 e. The van der Waals surface area contributed by atoms with Crippen molar-refractivity contribution in [3.63, 3.8) is 0 Å². The Labute approximate surface area is 131 Å². The average molecular weight is 405 g/mol. The molecule has 0 aliphatic carbocycles. The number of primary amides is 1.